The smallest absolute Gasteiger partial charge is 0.251 e. The molecule has 2 aromatic carbocycles. The first-order valence-corrected chi connectivity index (χ1v) is 12.5. The second-order valence-corrected chi connectivity index (χ2v) is 9.34. The minimum absolute atomic E-state index is 0.0854. The average Bonchev–Trinajstić information content (AvgIpc) is 3.55. The van der Waals surface area contributed by atoms with E-state index < -0.39 is 6.04 Å². The first-order valence-electron chi connectivity index (χ1n) is 12.5. The SMILES string of the molecule is CC(CC(=O)Nc1cccc(N2CCCC2)c1)NC(=O)CNC(=O)c1ccc(N2CCCC2=O)cc1. The summed E-state index contributed by atoms with van der Waals surface area (Å²) in [5, 5.41) is 8.23. The van der Waals surface area contributed by atoms with E-state index >= 15 is 0 Å². The summed E-state index contributed by atoms with van der Waals surface area (Å²) in [5.74, 6) is -0.865. The third kappa shape index (κ3) is 6.62. The first-order chi connectivity index (χ1) is 17.4. The van der Waals surface area contributed by atoms with Crippen LogP contribution < -0.4 is 25.8 Å². The molecule has 2 saturated heterocycles. The molecule has 0 aliphatic carbocycles. The standard InChI is InChI=1S/C27H33N5O4/c1-19(16-24(33)30-21-6-4-7-23(17-21)31-13-2-3-14-31)29-25(34)18-28-27(36)20-9-11-22(12-10-20)32-15-5-8-26(32)35/h4,6-7,9-12,17,19H,2-3,5,8,13-16,18H2,1H3,(H,28,36)(H,29,34)(H,30,33). The Morgan fingerprint density at radius 1 is 0.917 bits per heavy atom. The third-order valence-electron chi connectivity index (χ3n) is 6.42. The van der Waals surface area contributed by atoms with Crippen LogP contribution in [-0.4, -0.2) is 55.8 Å². The zero-order chi connectivity index (χ0) is 25.5. The first kappa shape index (κ1) is 25.2. The van der Waals surface area contributed by atoms with Gasteiger partial charge in [-0.05, 0) is 68.7 Å². The second-order valence-electron chi connectivity index (χ2n) is 9.34. The van der Waals surface area contributed by atoms with Crippen LogP contribution in [0.5, 0.6) is 0 Å². The van der Waals surface area contributed by atoms with Crippen LogP contribution in [0.15, 0.2) is 48.5 Å². The van der Waals surface area contributed by atoms with Crippen molar-refractivity contribution in [1.29, 1.82) is 0 Å². The molecular formula is C27H33N5O4. The molecule has 2 heterocycles. The molecule has 9 heteroatoms. The van der Waals surface area contributed by atoms with E-state index in [1.807, 2.05) is 24.3 Å². The van der Waals surface area contributed by atoms with Crippen molar-refractivity contribution in [3.05, 3.63) is 54.1 Å². The van der Waals surface area contributed by atoms with Crippen molar-refractivity contribution >= 4 is 40.7 Å². The topological polar surface area (TPSA) is 111 Å². The predicted molar refractivity (Wildman–Crippen MR) is 139 cm³/mol. The van der Waals surface area contributed by atoms with E-state index in [9.17, 15) is 19.2 Å². The maximum atomic E-state index is 12.5. The predicted octanol–water partition coefficient (Wildman–Crippen LogP) is 2.68. The molecule has 9 nitrogen and oxygen atoms in total. The minimum atomic E-state index is -0.395. The van der Waals surface area contributed by atoms with E-state index in [1.54, 1.807) is 36.1 Å². The lowest BCUT2D eigenvalue weighted by atomic mass is 10.2. The highest BCUT2D eigenvalue weighted by Gasteiger charge is 2.22. The molecule has 1 atom stereocenters. The zero-order valence-corrected chi connectivity index (χ0v) is 20.6. The summed E-state index contributed by atoms with van der Waals surface area (Å²) in [6, 6.07) is 14.1. The largest absolute Gasteiger partial charge is 0.371 e. The lowest BCUT2D eigenvalue weighted by Crippen LogP contribution is -2.42. The Kier molecular flexibility index (Phi) is 8.20. The molecule has 2 aliphatic heterocycles. The number of anilines is 3. The fourth-order valence-electron chi connectivity index (χ4n) is 4.60. The molecule has 4 amide bonds. The summed E-state index contributed by atoms with van der Waals surface area (Å²) in [7, 11) is 0. The maximum Gasteiger partial charge on any atom is 0.251 e. The van der Waals surface area contributed by atoms with E-state index in [4.69, 9.17) is 0 Å². The van der Waals surface area contributed by atoms with Gasteiger partial charge in [0.05, 0.1) is 6.54 Å². The van der Waals surface area contributed by atoms with Crippen LogP contribution in [-0.2, 0) is 14.4 Å². The molecule has 0 saturated carbocycles. The summed E-state index contributed by atoms with van der Waals surface area (Å²) in [6.45, 7) is 4.29. The number of carbonyl (C=O) groups is 4. The Labute approximate surface area is 211 Å². The zero-order valence-electron chi connectivity index (χ0n) is 20.6. The normalized spacial score (nSPS) is 16.1. The molecular weight excluding hydrogens is 458 g/mol. The summed E-state index contributed by atoms with van der Waals surface area (Å²) in [5.41, 5.74) is 3.00. The highest BCUT2D eigenvalue weighted by molar-refractivity contribution is 5.98. The van der Waals surface area contributed by atoms with Crippen LogP contribution in [0, 0.1) is 0 Å². The molecule has 0 bridgehead atoms. The van der Waals surface area contributed by atoms with Crippen LogP contribution in [0.3, 0.4) is 0 Å². The lowest BCUT2D eigenvalue weighted by molar-refractivity contribution is -0.121. The molecule has 0 spiro atoms. The quantitative estimate of drug-likeness (QED) is 0.500. The van der Waals surface area contributed by atoms with Gasteiger partial charge in [-0.3, -0.25) is 19.2 Å². The molecule has 190 valence electrons. The summed E-state index contributed by atoms with van der Waals surface area (Å²) in [4.78, 5) is 53.0. The number of hydrogen-bond donors (Lipinski definition) is 3. The molecule has 36 heavy (non-hydrogen) atoms. The Morgan fingerprint density at radius 2 is 1.67 bits per heavy atom. The average molecular weight is 492 g/mol. The molecule has 0 radical (unpaired) electrons. The summed E-state index contributed by atoms with van der Waals surface area (Å²) < 4.78 is 0. The van der Waals surface area contributed by atoms with Gasteiger partial charge in [0.25, 0.3) is 5.91 Å². The third-order valence-corrected chi connectivity index (χ3v) is 6.42. The fourth-order valence-corrected chi connectivity index (χ4v) is 4.60. The van der Waals surface area contributed by atoms with Gasteiger partial charge in [-0.2, -0.15) is 0 Å². The number of amides is 4. The van der Waals surface area contributed by atoms with Crippen LogP contribution in [0.1, 0.15) is 49.4 Å². The van der Waals surface area contributed by atoms with Crippen molar-refractivity contribution in [3.8, 4) is 0 Å². The molecule has 2 aliphatic rings. The van der Waals surface area contributed by atoms with Crippen LogP contribution in [0.2, 0.25) is 0 Å². The molecule has 3 N–H and O–H groups in total. The van der Waals surface area contributed by atoms with Crippen molar-refractivity contribution in [2.45, 2.75) is 45.1 Å². The van der Waals surface area contributed by atoms with Crippen molar-refractivity contribution in [2.24, 2.45) is 0 Å². The Bertz CT molecular complexity index is 1110. The van der Waals surface area contributed by atoms with Crippen molar-refractivity contribution in [3.63, 3.8) is 0 Å². The Balaban J connectivity index is 1.19. The molecule has 2 fully saturated rings. The lowest BCUT2D eigenvalue weighted by Gasteiger charge is -2.19. The molecule has 2 aromatic rings. The van der Waals surface area contributed by atoms with Gasteiger partial charge in [0.15, 0.2) is 0 Å². The number of nitrogens with zero attached hydrogens (tertiary/aromatic N) is 2. The van der Waals surface area contributed by atoms with Crippen molar-refractivity contribution in [1.82, 2.24) is 10.6 Å². The number of hydrogen-bond acceptors (Lipinski definition) is 5. The van der Waals surface area contributed by atoms with Gasteiger partial charge < -0.3 is 25.8 Å². The number of nitrogens with one attached hydrogen (secondary N) is 3. The Hall–Kier alpha value is -3.88. The van der Waals surface area contributed by atoms with Gasteiger partial charge in [0, 0.05) is 61.1 Å². The monoisotopic (exact) mass is 491 g/mol. The van der Waals surface area contributed by atoms with Gasteiger partial charge >= 0.3 is 0 Å². The summed E-state index contributed by atoms with van der Waals surface area (Å²) in [6.07, 6.45) is 3.86. The second kappa shape index (κ2) is 11.7. The minimum Gasteiger partial charge on any atom is -0.371 e. The molecule has 0 aromatic heterocycles. The maximum absolute atomic E-state index is 12.5. The van der Waals surface area contributed by atoms with Gasteiger partial charge in [0.2, 0.25) is 17.7 Å². The van der Waals surface area contributed by atoms with Crippen LogP contribution >= 0.6 is 0 Å². The van der Waals surface area contributed by atoms with Crippen molar-refractivity contribution < 1.29 is 19.2 Å². The van der Waals surface area contributed by atoms with E-state index in [-0.39, 0.29) is 36.6 Å². The number of rotatable bonds is 9. The van der Waals surface area contributed by atoms with E-state index in [0.29, 0.717) is 18.5 Å². The summed E-state index contributed by atoms with van der Waals surface area (Å²) >= 11 is 0. The highest BCUT2D eigenvalue weighted by Crippen LogP contribution is 2.24. The van der Waals surface area contributed by atoms with E-state index in [1.165, 1.54) is 12.8 Å². The van der Waals surface area contributed by atoms with E-state index in [0.717, 1.165) is 36.6 Å². The molecule has 4 rings (SSSR count). The number of benzene rings is 2. The van der Waals surface area contributed by atoms with Gasteiger partial charge in [-0.25, -0.2) is 0 Å². The van der Waals surface area contributed by atoms with Gasteiger partial charge in [0.1, 0.15) is 0 Å². The molecule has 1 unspecified atom stereocenters. The number of carbonyl (C=O) groups excluding carboxylic acids is 4. The van der Waals surface area contributed by atoms with E-state index in [2.05, 4.69) is 20.9 Å². The van der Waals surface area contributed by atoms with Gasteiger partial charge in [-0.15, -0.1) is 0 Å². The van der Waals surface area contributed by atoms with Crippen LogP contribution in [0.25, 0.3) is 0 Å². The van der Waals surface area contributed by atoms with Crippen LogP contribution in [0.4, 0.5) is 17.1 Å². The van der Waals surface area contributed by atoms with Crippen molar-refractivity contribution in [2.75, 3.05) is 41.3 Å². The fraction of sp³-hybridized carbons (Fsp3) is 0.407. The highest BCUT2D eigenvalue weighted by atomic mass is 16.2. The van der Waals surface area contributed by atoms with Gasteiger partial charge in [-0.1, -0.05) is 6.07 Å². The Morgan fingerprint density at radius 3 is 2.36 bits per heavy atom.